The SMILES string of the molecule is Cc1ccc(S(=O)NCCC(=O)Oc2ccccc2Cc2cccc(C)c2)cc1. The molecule has 0 aliphatic rings. The molecule has 4 nitrogen and oxygen atoms in total. The molecule has 1 atom stereocenters. The fourth-order valence-electron chi connectivity index (χ4n) is 2.96. The second kappa shape index (κ2) is 10.1. The van der Waals surface area contributed by atoms with Crippen molar-refractivity contribution >= 4 is 17.0 Å². The van der Waals surface area contributed by atoms with Gasteiger partial charge in [-0.1, -0.05) is 65.7 Å². The minimum absolute atomic E-state index is 0.135. The van der Waals surface area contributed by atoms with Crippen molar-refractivity contribution in [2.24, 2.45) is 0 Å². The van der Waals surface area contributed by atoms with Crippen LogP contribution in [-0.2, 0) is 22.2 Å². The maximum atomic E-state index is 12.3. The number of esters is 1. The van der Waals surface area contributed by atoms with E-state index in [1.807, 2.05) is 55.5 Å². The van der Waals surface area contributed by atoms with Crippen LogP contribution >= 0.6 is 0 Å². The van der Waals surface area contributed by atoms with Crippen molar-refractivity contribution in [2.45, 2.75) is 31.6 Å². The third-order valence-electron chi connectivity index (χ3n) is 4.47. The summed E-state index contributed by atoms with van der Waals surface area (Å²) >= 11 is 0. The fraction of sp³-hybridized carbons (Fsp3) is 0.208. The van der Waals surface area contributed by atoms with Crippen LogP contribution in [-0.4, -0.2) is 16.7 Å². The zero-order valence-corrected chi connectivity index (χ0v) is 17.5. The summed E-state index contributed by atoms with van der Waals surface area (Å²) in [5.74, 6) is 0.216. The lowest BCUT2D eigenvalue weighted by molar-refractivity contribution is -0.134. The van der Waals surface area contributed by atoms with Crippen LogP contribution in [0.2, 0.25) is 0 Å². The second-order valence-corrected chi connectivity index (χ2v) is 8.27. The molecule has 0 amide bonds. The molecule has 0 saturated carbocycles. The molecule has 5 heteroatoms. The molecule has 1 unspecified atom stereocenters. The Labute approximate surface area is 174 Å². The van der Waals surface area contributed by atoms with Gasteiger partial charge in [0.2, 0.25) is 0 Å². The van der Waals surface area contributed by atoms with Gasteiger partial charge in [0.25, 0.3) is 0 Å². The van der Waals surface area contributed by atoms with Crippen LogP contribution in [0.5, 0.6) is 5.75 Å². The van der Waals surface area contributed by atoms with E-state index < -0.39 is 11.0 Å². The minimum atomic E-state index is -1.35. The quantitative estimate of drug-likeness (QED) is 0.442. The van der Waals surface area contributed by atoms with E-state index in [1.165, 1.54) is 11.1 Å². The summed E-state index contributed by atoms with van der Waals surface area (Å²) in [6, 6.07) is 23.3. The lowest BCUT2D eigenvalue weighted by Crippen LogP contribution is -2.23. The van der Waals surface area contributed by atoms with Gasteiger partial charge in [-0.25, -0.2) is 8.93 Å². The highest BCUT2D eigenvalue weighted by Crippen LogP contribution is 2.22. The highest BCUT2D eigenvalue weighted by Gasteiger charge is 2.11. The lowest BCUT2D eigenvalue weighted by atomic mass is 10.0. The standard InChI is InChI=1S/C24H25NO3S/c1-18-10-12-22(13-11-18)29(27)25-15-14-24(26)28-23-9-4-3-8-21(23)17-20-7-5-6-19(2)16-20/h3-13,16,25H,14-15,17H2,1-2H3. The molecular weight excluding hydrogens is 382 g/mol. The van der Waals surface area contributed by atoms with Gasteiger partial charge in [-0.05, 0) is 43.2 Å². The summed E-state index contributed by atoms with van der Waals surface area (Å²) in [6.45, 7) is 4.31. The van der Waals surface area contributed by atoms with Crippen molar-refractivity contribution in [3.05, 3.63) is 95.1 Å². The molecule has 0 heterocycles. The Kier molecular flexibility index (Phi) is 7.33. The van der Waals surface area contributed by atoms with Gasteiger partial charge in [-0.15, -0.1) is 0 Å². The third kappa shape index (κ3) is 6.38. The zero-order chi connectivity index (χ0) is 20.6. The van der Waals surface area contributed by atoms with E-state index in [4.69, 9.17) is 4.74 Å². The largest absolute Gasteiger partial charge is 0.426 e. The Morgan fingerprint density at radius 2 is 1.69 bits per heavy atom. The molecule has 0 fully saturated rings. The van der Waals surface area contributed by atoms with Gasteiger partial charge in [-0.3, -0.25) is 4.79 Å². The predicted molar refractivity (Wildman–Crippen MR) is 116 cm³/mol. The second-order valence-electron chi connectivity index (χ2n) is 6.97. The molecule has 1 N–H and O–H groups in total. The van der Waals surface area contributed by atoms with E-state index in [9.17, 15) is 9.00 Å². The summed E-state index contributed by atoms with van der Waals surface area (Å²) in [5, 5.41) is 0. The van der Waals surface area contributed by atoms with Crippen LogP contribution in [0.3, 0.4) is 0 Å². The van der Waals surface area contributed by atoms with Crippen LogP contribution in [0.25, 0.3) is 0 Å². The summed E-state index contributed by atoms with van der Waals surface area (Å²) in [5.41, 5.74) is 4.44. The Bertz CT molecular complexity index is 999. The summed E-state index contributed by atoms with van der Waals surface area (Å²) in [6.07, 6.45) is 0.831. The van der Waals surface area contributed by atoms with Crippen molar-refractivity contribution < 1.29 is 13.7 Å². The minimum Gasteiger partial charge on any atom is -0.426 e. The average molecular weight is 408 g/mol. The number of carbonyl (C=O) groups excluding carboxylic acids is 1. The van der Waals surface area contributed by atoms with E-state index >= 15 is 0 Å². The maximum Gasteiger partial charge on any atom is 0.312 e. The molecule has 0 spiro atoms. The van der Waals surface area contributed by atoms with Crippen LogP contribution < -0.4 is 9.46 Å². The lowest BCUT2D eigenvalue weighted by Gasteiger charge is -2.11. The topological polar surface area (TPSA) is 55.4 Å². The number of ether oxygens (including phenoxy) is 1. The number of carbonyl (C=O) groups is 1. The molecule has 0 bridgehead atoms. The number of para-hydroxylation sites is 1. The van der Waals surface area contributed by atoms with Gasteiger partial charge in [0, 0.05) is 13.0 Å². The number of benzene rings is 3. The highest BCUT2D eigenvalue weighted by molar-refractivity contribution is 7.83. The zero-order valence-electron chi connectivity index (χ0n) is 16.7. The molecule has 0 aliphatic heterocycles. The van der Waals surface area contributed by atoms with Gasteiger partial charge >= 0.3 is 5.97 Å². The molecule has 0 aliphatic carbocycles. The summed E-state index contributed by atoms with van der Waals surface area (Å²) in [4.78, 5) is 13.0. The van der Waals surface area contributed by atoms with E-state index in [2.05, 4.69) is 29.8 Å². The monoisotopic (exact) mass is 407 g/mol. The first kappa shape index (κ1) is 21.0. The Balaban J connectivity index is 1.54. The molecule has 0 aromatic heterocycles. The van der Waals surface area contributed by atoms with Crippen LogP contribution in [0.1, 0.15) is 28.7 Å². The van der Waals surface area contributed by atoms with E-state index in [1.54, 1.807) is 6.07 Å². The van der Waals surface area contributed by atoms with Crippen molar-refractivity contribution in [2.75, 3.05) is 6.54 Å². The van der Waals surface area contributed by atoms with Crippen LogP contribution in [0.4, 0.5) is 0 Å². The molecule has 29 heavy (non-hydrogen) atoms. The van der Waals surface area contributed by atoms with Gasteiger partial charge in [0.05, 0.1) is 11.3 Å². The fourth-order valence-corrected chi connectivity index (χ4v) is 3.79. The normalized spacial score (nSPS) is 11.8. The van der Waals surface area contributed by atoms with Crippen LogP contribution in [0, 0.1) is 13.8 Å². The third-order valence-corrected chi connectivity index (χ3v) is 5.64. The van der Waals surface area contributed by atoms with E-state index in [-0.39, 0.29) is 18.9 Å². The first-order chi connectivity index (χ1) is 14.0. The average Bonchev–Trinajstić information content (AvgIpc) is 2.70. The number of hydrogen-bond donors (Lipinski definition) is 1. The van der Waals surface area contributed by atoms with Gasteiger partial charge in [0.1, 0.15) is 16.7 Å². The smallest absolute Gasteiger partial charge is 0.312 e. The molecule has 3 aromatic rings. The Morgan fingerprint density at radius 3 is 2.45 bits per heavy atom. The molecule has 3 aromatic carbocycles. The van der Waals surface area contributed by atoms with E-state index in [0.717, 1.165) is 11.1 Å². The molecule has 150 valence electrons. The number of hydrogen-bond acceptors (Lipinski definition) is 3. The summed E-state index contributed by atoms with van der Waals surface area (Å²) in [7, 11) is -1.35. The molecule has 0 saturated heterocycles. The van der Waals surface area contributed by atoms with Crippen molar-refractivity contribution in [1.82, 2.24) is 4.72 Å². The van der Waals surface area contributed by atoms with Crippen molar-refractivity contribution in [3.63, 3.8) is 0 Å². The van der Waals surface area contributed by atoms with Gasteiger partial charge in [0.15, 0.2) is 0 Å². The van der Waals surface area contributed by atoms with Crippen molar-refractivity contribution in [1.29, 1.82) is 0 Å². The highest BCUT2D eigenvalue weighted by atomic mass is 32.2. The van der Waals surface area contributed by atoms with Gasteiger partial charge < -0.3 is 4.74 Å². The first-order valence-corrected chi connectivity index (χ1v) is 10.7. The van der Waals surface area contributed by atoms with Crippen molar-refractivity contribution in [3.8, 4) is 5.75 Å². The van der Waals surface area contributed by atoms with Gasteiger partial charge in [-0.2, -0.15) is 0 Å². The first-order valence-electron chi connectivity index (χ1n) is 9.57. The number of nitrogens with one attached hydrogen (secondary N) is 1. The molecule has 3 rings (SSSR count). The predicted octanol–water partition coefficient (Wildman–Crippen LogP) is 4.50. The maximum absolute atomic E-state index is 12.3. The Morgan fingerprint density at radius 1 is 0.931 bits per heavy atom. The number of rotatable bonds is 8. The van der Waals surface area contributed by atoms with Crippen LogP contribution in [0.15, 0.2) is 77.7 Å². The Hall–Kier alpha value is -2.76. The molecular formula is C24H25NO3S. The molecule has 0 radical (unpaired) electrons. The number of aryl methyl sites for hydroxylation is 2. The van der Waals surface area contributed by atoms with E-state index in [0.29, 0.717) is 17.1 Å². The summed E-state index contributed by atoms with van der Waals surface area (Å²) < 4.78 is 20.7.